The van der Waals surface area contributed by atoms with Crippen LogP contribution in [0.2, 0.25) is 0 Å². The predicted molar refractivity (Wildman–Crippen MR) is 88.2 cm³/mol. The zero-order chi connectivity index (χ0) is 18.7. The number of alkyl halides is 3. The van der Waals surface area contributed by atoms with E-state index in [0.29, 0.717) is 31.1 Å². The van der Waals surface area contributed by atoms with Gasteiger partial charge < -0.3 is 9.42 Å². The van der Waals surface area contributed by atoms with E-state index in [9.17, 15) is 18.0 Å². The Hall–Kier alpha value is -2.38. The minimum absolute atomic E-state index is 0.0195. The van der Waals surface area contributed by atoms with Gasteiger partial charge in [0.05, 0.1) is 0 Å². The summed E-state index contributed by atoms with van der Waals surface area (Å²) in [5.41, 5.74) is 1.91. The number of aromatic nitrogens is 2. The Morgan fingerprint density at radius 3 is 2.85 bits per heavy atom. The Morgan fingerprint density at radius 2 is 2.12 bits per heavy atom. The van der Waals surface area contributed by atoms with Crippen molar-refractivity contribution >= 4 is 5.91 Å². The van der Waals surface area contributed by atoms with Crippen molar-refractivity contribution in [2.24, 2.45) is 5.92 Å². The minimum Gasteiger partial charge on any atom is -0.342 e. The minimum atomic E-state index is -4.47. The van der Waals surface area contributed by atoms with Gasteiger partial charge in [0.2, 0.25) is 17.6 Å². The molecule has 2 heterocycles. The molecule has 0 radical (unpaired) electrons. The van der Waals surface area contributed by atoms with Crippen LogP contribution in [0.4, 0.5) is 13.2 Å². The van der Waals surface area contributed by atoms with Gasteiger partial charge >= 0.3 is 6.18 Å². The van der Waals surface area contributed by atoms with Gasteiger partial charge in [-0.2, -0.15) is 18.2 Å². The molecule has 8 heteroatoms. The van der Waals surface area contributed by atoms with Crippen molar-refractivity contribution in [2.75, 3.05) is 13.1 Å². The number of halogens is 3. The molecule has 1 fully saturated rings. The van der Waals surface area contributed by atoms with Crippen LogP contribution < -0.4 is 0 Å². The molecule has 1 aromatic carbocycles. The third kappa shape index (κ3) is 4.62. The molecule has 3 rings (SSSR count). The summed E-state index contributed by atoms with van der Waals surface area (Å²) in [6.07, 6.45) is -3.93. The summed E-state index contributed by atoms with van der Waals surface area (Å²) in [6, 6.07) is 7.68. The maximum atomic E-state index is 12.4. The summed E-state index contributed by atoms with van der Waals surface area (Å²) in [7, 11) is 0. The first-order chi connectivity index (χ1) is 12.3. The first kappa shape index (κ1) is 18.4. The number of carbonyl (C=O) groups is 1. The summed E-state index contributed by atoms with van der Waals surface area (Å²) in [5, 5.41) is 4.00. The maximum absolute atomic E-state index is 12.4. The van der Waals surface area contributed by atoms with Gasteiger partial charge in [0, 0.05) is 25.1 Å². The molecule has 26 heavy (non-hydrogen) atoms. The molecule has 0 spiro atoms. The number of nitrogens with zero attached hydrogens (tertiary/aromatic N) is 3. The highest BCUT2D eigenvalue weighted by Gasteiger charge is 2.35. The largest absolute Gasteiger partial charge is 0.397 e. The zero-order valence-corrected chi connectivity index (χ0v) is 14.4. The molecule has 1 aliphatic rings. The topological polar surface area (TPSA) is 59.2 Å². The lowest BCUT2D eigenvalue weighted by Crippen LogP contribution is -2.42. The van der Waals surface area contributed by atoms with E-state index in [1.807, 2.05) is 31.2 Å². The molecule has 0 aliphatic carbocycles. The van der Waals surface area contributed by atoms with E-state index in [2.05, 4.69) is 10.1 Å². The van der Waals surface area contributed by atoms with Crippen molar-refractivity contribution in [3.05, 3.63) is 35.7 Å². The van der Waals surface area contributed by atoms with Crippen molar-refractivity contribution in [1.29, 1.82) is 0 Å². The lowest BCUT2D eigenvalue weighted by Gasteiger charge is -2.32. The summed E-state index contributed by atoms with van der Waals surface area (Å²) in [6.45, 7) is 2.61. The van der Waals surface area contributed by atoms with Crippen molar-refractivity contribution in [3.8, 4) is 11.4 Å². The highest BCUT2D eigenvalue weighted by Crippen LogP contribution is 2.26. The van der Waals surface area contributed by atoms with E-state index in [1.54, 1.807) is 0 Å². The van der Waals surface area contributed by atoms with Gasteiger partial charge in [-0.05, 0) is 31.2 Å². The van der Waals surface area contributed by atoms with Crippen LogP contribution in [-0.4, -0.2) is 40.2 Å². The molecule has 0 saturated carbocycles. The fourth-order valence-corrected chi connectivity index (χ4v) is 3.26. The van der Waals surface area contributed by atoms with Crippen LogP contribution in [0, 0.1) is 12.8 Å². The van der Waals surface area contributed by atoms with Crippen molar-refractivity contribution in [1.82, 2.24) is 15.0 Å². The third-order valence-corrected chi connectivity index (χ3v) is 4.54. The number of benzene rings is 1. The Balaban J connectivity index is 1.63. The predicted octanol–water partition coefficient (Wildman–Crippen LogP) is 3.78. The number of aryl methyl sites for hydroxylation is 1. The Labute approximate surface area is 149 Å². The summed E-state index contributed by atoms with van der Waals surface area (Å²) >= 11 is 0. The summed E-state index contributed by atoms with van der Waals surface area (Å²) in [5.74, 6) is 0.0942. The SMILES string of the molecule is Cc1ccccc1-c1noc(CC2CCCN(C(=O)CC(F)(F)F)C2)n1. The summed E-state index contributed by atoms with van der Waals surface area (Å²) in [4.78, 5) is 17.5. The van der Waals surface area contributed by atoms with Crippen molar-refractivity contribution in [3.63, 3.8) is 0 Å². The second-order valence-corrected chi connectivity index (χ2v) is 6.67. The first-order valence-corrected chi connectivity index (χ1v) is 8.55. The lowest BCUT2D eigenvalue weighted by atomic mass is 9.94. The Kier molecular flexibility index (Phi) is 5.29. The van der Waals surface area contributed by atoms with Crippen LogP contribution in [0.1, 0.15) is 30.7 Å². The Morgan fingerprint density at radius 1 is 1.35 bits per heavy atom. The number of carbonyl (C=O) groups excluding carboxylic acids is 1. The first-order valence-electron chi connectivity index (χ1n) is 8.55. The fraction of sp³-hybridized carbons (Fsp3) is 0.500. The molecule has 5 nitrogen and oxygen atoms in total. The van der Waals surface area contributed by atoms with Crippen LogP contribution in [0.5, 0.6) is 0 Å². The average molecular weight is 367 g/mol. The van der Waals surface area contributed by atoms with E-state index in [-0.39, 0.29) is 12.5 Å². The zero-order valence-electron chi connectivity index (χ0n) is 14.4. The number of piperidine rings is 1. The second-order valence-electron chi connectivity index (χ2n) is 6.67. The molecule has 1 saturated heterocycles. The monoisotopic (exact) mass is 367 g/mol. The molecular formula is C18H20F3N3O2. The molecule has 0 N–H and O–H groups in total. The molecule has 1 unspecified atom stereocenters. The van der Waals surface area contributed by atoms with Crippen LogP contribution in [0.25, 0.3) is 11.4 Å². The Bertz CT molecular complexity index is 773. The lowest BCUT2D eigenvalue weighted by molar-refractivity contribution is -0.162. The van der Waals surface area contributed by atoms with Crippen molar-refractivity contribution < 1.29 is 22.5 Å². The molecule has 1 amide bonds. The van der Waals surface area contributed by atoms with E-state index in [1.165, 1.54) is 4.90 Å². The number of hydrogen-bond donors (Lipinski definition) is 0. The molecule has 140 valence electrons. The van der Waals surface area contributed by atoms with Gasteiger partial charge in [-0.1, -0.05) is 29.4 Å². The van der Waals surface area contributed by atoms with E-state index in [4.69, 9.17) is 4.52 Å². The number of hydrogen-bond acceptors (Lipinski definition) is 4. The molecule has 0 bridgehead atoms. The molecular weight excluding hydrogens is 347 g/mol. The quantitative estimate of drug-likeness (QED) is 0.825. The van der Waals surface area contributed by atoms with Gasteiger partial charge in [0.15, 0.2) is 0 Å². The van der Waals surface area contributed by atoms with Crippen molar-refractivity contribution in [2.45, 2.75) is 38.8 Å². The smallest absolute Gasteiger partial charge is 0.342 e. The van der Waals surface area contributed by atoms with E-state index in [0.717, 1.165) is 17.5 Å². The van der Waals surface area contributed by atoms with Crippen LogP contribution in [0.3, 0.4) is 0 Å². The van der Waals surface area contributed by atoms with Gasteiger partial charge in [-0.3, -0.25) is 4.79 Å². The van der Waals surface area contributed by atoms with Crippen LogP contribution in [-0.2, 0) is 11.2 Å². The number of rotatable bonds is 4. The normalized spacial score (nSPS) is 18.2. The number of likely N-dealkylation sites (tertiary alicyclic amines) is 1. The molecule has 1 aromatic heterocycles. The van der Waals surface area contributed by atoms with E-state index >= 15 is 0 Å². The number of amides is 1. The fourth-order valence-electron chi connectivity index (χ4n) is 3.26. The molecule has 1 aliphatic heterocycles. The second kappa shape index (κ2) is 7.47. The summed E-state index contributed by atoms with van der Waals surface area (Å²) < 4.78 is 42.6. The van der Waals surface area contributed by atoms with Crippen LogP contribution >= 0.6 is 0 Å². The highest BCUT2D eigenvalue weighted by atomic mass is 19.4. The maximum Gasteiger partial charge on any atom is 0.397 e. The van der Waals surface area contributed by atoms with Gasteiger partial charge in [-0.15, -0.1) is 0 Å². The van der Waals surface area contributed by atoms with Gasteiger partial charge in [0.1, 0.15) is 6.42 Å². The van der Waals surface area contributed by atoms with Gasteiger partial charge in [0.25, 0.3) is 0 Å². The molecule has 1 atom stereocenters. The van der Waals surface area contributed by atoms with Crippen LogP contribution in [0.15, 0.2) is 28.8 Å². The highest BCUT2D eigenvalue weighted by molar-refractivity contribution is 5.76. The standard InChI is InChI=1S/C18H20F3N3O2/c1-12-5-2-3-7-14(12)17-22-15(26-23-17)9-13-6-4-8-24(11-13)16(25)10-18(19,20)21/h2-3,5,7,13H,4,6,8-11H2,1H3. The van der Waals surface area contributed by atoms with E-state index < -0.39 is 18.5 Å². The van der Waals surface area contributed by atoms with Gasteiger partial charge in [-0.25, -0.2) is 0 Å². The third-order valence-electron chi connectivity index (χ3n) is 4.54. The molecule has 2 aromatic rings. The average Bonchev–Trinajstić information content (AvgIpc) is 3.02.